The Morgan fingerprint density at radius 1 is 0.970 bits per heavy atom. The maximum Gasteiger partial charge on any atom is 0.199 e. The van der Waals surface area contributed by atoms with E-state index in [4.69, 9.17) is 19.7 Å². The number of nitrogens with zero attached hydrogens (tertiary/aromatic N) is 4. The first-order chi connectivity index (χ1) is 16.3. The number of aromatic nitrogens is 4. The van der Waals surface area contributed by atoms with Gasteiger partial charge in [-0.05, 0) is 11.1 Å². The average molecular weight is 458 g/mol. The molecule has 0 aliphatic carbocycles. The Labute approximate surface area is 195 Å². The van der Waals surface area contributed by atoms with Crippen molar-refractivity contribution in [2.45, 2.75) is 0 Å². The van der Waals surface area contributed by atoms with Crippen molar-refractivity contribution in [3.8, 4) is 33.2 Å². The van der Waals surface area contributed by atoms with E-state index in [0.29, 0.717) is 24.8 Å². The third kappa shape index (κ3) is 4.23. The summed E-state index contributed by atoms with van der Waals surface area (Å²) in [5, 5.41) is 4.42. The molecule has 0 aliphatic rings. The highest BCUT2D eigenvalue weighted by Gasteiger charge is 2.22. The van der Waals surface area contributed by atoms with Gasteiger partial charge in [-0.2, -0.15) is 0 Å². The minimum atomic E-state index is 0.385. The highest BCUT2D eigenvalue weighted by atomic mass is 32.1. The fourth-order valence-corrected chi connectivity index (χ4v) is 4.98. The Morgan fingerprint density at radius 2 is 1.70 bits per heavy atom. The summed E-state index contributed by atoms with van der Waals surface area (Å²) in [5.74, 6) is 2.03. The molecular formula is C25H23N5O2S. The van der Waals surface area contributed by atoms with E-state index in [1.54, 1.807) is 17.5 Å². The molecule has 0 bridgehead atoms. The Balaban J connectivity index is 1.76. The molecule has 1 N–H and O–H groups in total. The van der Waals surface area contributed by atoms with Crippen LogP contribution in [0.3, 0.4) is 0 Å². The topological polar surface area (TPSA) is 74.1 Å². The van der Waals surface area contributed by atoms with Crippen molar-refractivity contribution in [3.63, 3.8) is 0 Å². The zero-order valence-corrected chi connectivity index (χ0v) is 19.2. The zero-order valence-electron chi connectivity index (χ0n) is 18.4. The number of imidazole rings is 1. The Bertz CT molecular complexity index is 1370. The first kappa shape index (κ1) is 21.3. The highest BCUT2D eigenvalue weighted by molar-refractivity contribution is 7.22. The lowest BCUT2D eigenvalue weighted by Crippen LogP contribution is -2.11. The zero-order chi connectivity index (χ0) is 22.6. The summed E-state index contributed by atoms with van der Waals surface area (Å²) < 4.78 is 1.92. The number of anilines is 1. The van der Waals surface area contributed by atoms with Gasteiger partial charge in [0.2, 0.25) is 0 Å². The molecule has 0 unspecified atom stereocenters. The van der Waals surface area contributed by atoms with E-state index in [1.807, 2.05) is 29.9 Å². The number of rotatable bonds is 8. The van der Waals surface area contributed by atoms with E-state index in [1.165, 1.54) is 7.11 Å². The quantitative estimate of drug-likeness (QED) is 0.191. The summed E-state index contributed by atoms with van der Waals surface area (Å²) in [6.45, 7) is 0.917. The number of nitrogens with one attached hydrogen (secondary N) is 1. The van der Waals surface area contributed by atoms with Gasteiger partial charge in [0.1, 0.15) is 10.6 Å². The minimum absolute atomic E-state index is 0.385. The normalized spacial score (nSPS) is 11.2. The van der Waals surface area contributed by atoms with Crippen LogP contribution >= 0.6 is 11.3 Å². The fourth-order valence-electron chi connectivity index (χ4n) is 3.78. The number of benzene rings is 2. The van der Waals surface area contributed by atoms with Crippen molar-refractivity contribution >= 4 is 27.4 Å². The van der Waals surface area contributed by atoms with Crippen molar-refractivity contribution in [1.82, 2.24) is 19.5 Å². The lowest BCUT2D eigenvalue weighted by molar-refractivity contribution is -0.269. The van der Waals surface area contributed by atoms with Gasteiger partial charge in [0.15, 0.2) is 11.6 Å². The van der Waals surface area contributed by atoms with Crippen molar-refractivity contribution < 1.29 is 9.78 Å². The second-order valence-corrected chi connectivity index (χ2v) is 8.39. The fraction of sp³-hybridized carbons (Fsp3) is 0.160. The smallest absolute Gasteiger partial charge is 0.199 e. The predicted molar refractivity (Wildman–Crippen MR) is 132 cm³/mol. The van der Waals surface area contributed by atoms with Crippen molar-refractivity contribution in [3.05, 3.63) is 73.1 Å². The molecule has 0 saturated heterocycles. The maximum absolute atomic E-state index is 5.06. The first-order valence-electron chi connectivity index (χ1n) is 10.6. The molecule has 33 heavy (non-hydrogen) atoms. The molecule has 0 fully saturated rings. The van der Waals surface area contributed by atoms with E-state index >= 15 is 0 Å². The summed E-state index contributed by atoms with van der Waals surface area (Å²) in [4.78, 5) is 26.1. The second-order valence-electron chi connectivity index (χ2n) is 7.39. The van der Waals surface area contributed by atoms with E-state index in [0.717, 1.165) is 37.6 Å². The van der Waals surface area contributed by atoms with Crippen LogP contribution in [0.4, 0.5) is 5.82 Å². The molecule has 2 aromatic carbocycles. The number of fused-ring (bicyclic) bond motifs is 1. The van der Waals surface area contributed by atoms with Crippen LogP contribution in [0.15, 0.2) is 73.1 Å². The SMILES string of the molecule is COOCCNc1nc(-c2nccn2C)nc2sc(-c3ccccc3)c(-c3ccccc3)c12. The van der Waals surface area contributed by atoms with Crippen LogP contribution in [-0.4, -0.2) is 39.8 Å². The molecule has 3 heterocycles. The van der Waals surface area contributed by atoms with Crippen LogP contribution in [0.25, 0.3) is 43.4 Å². The number of thiophene rings is 1. The van der Waals surface area contributed by atoms with Gasteiger partial charge in [0.25, 0.3) is 0 Å². The molecule has 8 heteroatoms. The standard InChI is InChI=1S/C25H23N5O2S/c1-30-15-13-27-24(30)23-28-22(26-14-16-32-31-2)20-19(17-9-5-3-6-10-17)21(33-25(20)29-23)18-11-7-4-8-12-18/h3-13,15H,14,16H2,1-2H3,(H,26,28,29). The Hall–Kier alpha value is -3.59. The number of hydrogen-bond donors (Lipinski definition) is 1. The van der Waals surface area contributed by atoms with Gasteiger partial charge in [-0.15, -0.1) is 11.3 Å². The van der Waals surface area contributed by atoms with Crippen LogP contribution in [0.5, 0.6) is 0 Å². The molecular weight excluding hydrogens is 434 g/mol. The summed E-state index contributed by atoms with van der Waals surface area (Å²) in [6.07, 6.45) is 3.64. The molecule has 0 spiro atoms. The van der Waals surface area contributed by atoms with Crippen molar-refractivity contribution in [2.75, 3.05) is 25.6 Å². The van der Waals surface area contributed by atoms with Crippen LogP contribution in [0.2, 0.25) is 0 Å². The van der Waals surface area contributed by atoms with Gasteiger partial charge in [0.05, 0.1) is 19.1 Å². The van der Waals surface area contributed by atoms with Gasteiger partial charge in [0, 0.05) is 36.4 Å². The predicted octanol–water partition coefficient (Wildman–Crippen LogP) is 5.42. The van der Waals surface area contributed by atoms with Gasteiger partial charge < -0.3 is 9.88 Å². The molecule has 0 aliphatic heterocycles. The third-order valence-corrected chi connectivity index (χ3v) is 6.40. The van der Waals surface area contributed by atoms with Gasteiger partial charge in [-0.1, -0.05) is 60.7 Å². The van der Waals surface area contributed by atoms with Crippen LogP contribution in [0.1, 0.15) is 0 Å². The maximum atomic E-state index is 5.06. The summed E-state index contributed by atoms with van der Waals surface area (Å²) >= 11 is 1.66. The Morgan fingerprint density at radius 3 is 2.36 bits per heavy atom. The molecule has 0 atom stereocenters. The molecule has 0 saturated carbocycles. The third-order valence-electron chi connectivity index (χ3n) is 5.27. The van der Waals surface area contributed by atoms with E-state index in [9.17, 15) is 0 Å². The molecule has 3 aromatic heterocycles. The number of hydrogen-bond acceptors (Lipinski definition) is 7. The van der Waals surface area contributed by atoms with Gasteiger partial charge in [-0.3, -0.25) is 0 Å². The molecule has 0 amide bonds. The molecule has 166 valence electrons. The van der Waals surface area contributed by atoms with Gasteiger partial charge in [-0.25, -0.2) is 24.7 Å². The van der Waals surface area contributed by atoms with Crippen LogP contribution in [-0.2, 0) is 16.8 Å². The second kappa shape index (κ2) is 9.50. The molecule has 0 radical (unpaired) electrons. The van der Waals surface area contributed by atoms with Crippen LogP contribution < -0.4 is 5.32 Å². The lowest BCUT2D eigenvalue weighted by Gasteiger charge is -2.11. The monoisotopic (exact) mass is 457 g/mol. The summed E-state index contributed by atoms with van der Waals surface area (Å²) in [5.41, 5.74) is 3.38. The summed E-state index contributed by atoms with van der Waals surface area (Å²) in [6, 6.07) is 20.8. The van der Waals surface area contributed by atoms with Crippen molar-refractivity contribution in [1.29, 1.82) is 0 Å². The van der Waals surface area contributed by atoms with E-state index in [-0.39, 0.29) is 0 Å². The largest absolute Gasteiger partial charge is 0.367 e. The minimum Gasteiger partial charge on any atom is -0.367 e. The Kier molecular flexibility index (Phi) is 6.12. The summed E-state index contributed by atoms with van der Waals surface area (Å²) in [7, 11) is 3.44. The van der Waals surface area contributed by atoms with E-state index in [2.05, 4.69) is 58.8 Å². The van der Waals surface area contributed by atoms with Gasteiger partial charge >= 0.3 is 0 Å². The van der Waals surface area contributed by atoms with E-state index < -0.39 is 0 Å². The molecule has 7 nitrogen and oxygen atoms in total. The van der Waals surface area contributed by atoms with Crippen LogP contribution in [0, 0.1) is 0 Å². The molecule has 5 rings (SSSR count). The number of aryl methyl sites for hydroxylation is 1. The molecule has 5 aromatic rings. The highest BCUT2D eigenvalue weighted by Crippen LogP contribution is 2.46. The lowest BCUT2D eigenvalue weighted by atomic mass is 10.00. The van der Waals surface area contributed by atoms with Crippen molar-refractivity contribution in [2.24, 2.45) is 7.05 Å². The average Bonchev–Trinajstić information content (AvgIpc) is 3.46. The first-order valence-corrected chi connectivity index (χ1v) is 11.4.